The van der Waals surface area contributed by atoms with Gasteiger partial charge in [0.2, 0.25) is 0 Å². The Morgan fingerprint density at radius 1 is 1.20 bits per heavy atom. The van der Waals surface area contributed by atoms with Gasteiger partial charge in [-0.2, -0.15) is 0 Å². The molecule has 1 amide bonds. The average molecular weight is 441 g/mol. The molecule has 2 aromatic heterocycles. The van der Waals surface area contributed by atoms with Gasteiger partial charge in [0.15, 0.2) is 5.13 Å². The van der Waals surface area contributed by atoms with E-state index >= 15 is 0 Å². The third kappa shape index (κ3) is 5.66. The number of nitrogens with one attached hydrogen (secondary N) is 1. The second-order valence-corrected chi connectivity index (χ2v) is 9.30. The molecule has 1 aliphatic heterocycles. The van der Waals surface area contributed by atoms with E-state index in [2.05, 4.69) is 34.0 Å². The van der Waals surface area contributed by atoms with E-state index < -0.39 is 0 Å². The maximum atomic E-state index is 12.6. The van der Waals surface area contributed by atoms with Crippen LogP contribution in [0.1, 0.15) is 29.9 Å². The first kappa shape index (κ1) is 21.0. The summed E-state index contributed by atoms with van der Waals surface area (Å²) in [7, 11) is 0. The minimum absolute atomic E-state index is 0.154. The number of aromatic nitrogens is 2. The van der Waals surface area contributed by atoms with Gasteiger partial charge in [0.05, 0.1) is 17.9 Å². The van der Waals surface area contributed by atoms with Crippen molar-refractivity contribution in [2.45, 2.75) is 42.5 Å². The molecule has 0 radical (unpaired) electrons. The van der Waals surface area contributed by atoms with Crippen molar-refractivity contribution in [3.63, 3.8) is 0 Å². The smallest absolute Gasteiger partial charge is 0.257 e. The van der Waals surface area contributed by atoms with Crippen LogP contribution < -0.4 is 5.32 Å². The van der Waals surface area contributed by atoms with Crippen LogP contribution in [0.4, 0.5) is 5.13 Å². The average Bonchev–Trinajstić information content (AvgIpc) is 3.15. The standard InChI is InChI=1S/C22H24N4O2S2/c1-15-11-26(12-16(2)28-15)13-18-14-29-22(24-18)25-21(27)17-6-8-19(9-7-17)30-20-5-3-4-10-23-20/h3-10,14-16H,11-13H2,1-2H3,(H,24,25,27). The van der Waals surface area contributed by atoms with Gasteiger partial charge in [-0.05, 0) is 50.2 Å². The van der Waals surface area contributed by atoms with Crippen molar-refractivity contribution in [2.24, 2.45) is 0 Å². The molecule has 8 heteroatoms. The molecular weight excluding hydrogens is 416 g/mol. The Hall–Kier alpha value is -2.26. The Morgan fingerprint density at radius 2 is 1.97 bits per heavy atom. The number of carbonyl (C=O) groups is 1. The van der Waals surface area contributed by atoms with Gasteiger partial charge >= 0.3 is 0 Å². The summed E-state index contributed by atoms with van der Waals surface area (Å²) in [4.78, 5) is 24.9. The number of benzene rings is 1. The molecule has 0 spiro atoms. The fourth-order valence-corrected chi connectivity index (χ4v) is 4.92. The van der Waals surface area contributed by atoms with E-state index in [0.29, 0.717) is 10.7 Å². The predicted octanol–water partition coefficient (Wildman–Crippen LogP) is 4.55. The molecule has 2 unspecified atom stereocenters. The summed E-state index contributed by atoms with van der Waals surface area (Å²) < 4.78 is 5.78. The van der Waals surface area contributed by atoms with Crippen molar-refractivity contribution >= 4 is 34.1 Å². The van der Waals surface area contributed by atoms with E-state index in [1.807, 2.05) is 47.8 Å². The summed E-state index contributed by atoms with van der Waals surface area (Å²) in [5.74, 6) is -0.154. The summed E-state index contributed by atoms with van der Waals surface area (Å²) in [5.41, 5.74) is 1.58. The number of carbonyl (C=O) groups excluding carboxylic acids is 1. The minimum atomic E-state index is -0.154. The molecule has 6 nitrogen and oxygen atoms in total. The van der Waals surface area contributed by atoms with Crippen molar-refractivity contribution < 1.29 is 9.53 Å². The van der Waals surface area contributed by atoms with Crippen LogP contribution in [0, 0.1) is 0 Å². The number of ether oxygens (including phenoxy) is 1. The molecule has 0 bridgehead atoms. The van der Waals surface area contributed by atoms with E-state index in [-0.39, 0.29) is 18.1 Å². The highest BCUT2D eigenvalue weighted by atomic mass is 32.2. The number of thiazole rings is 1. The first-order chi connectivity index (χ1) is 14.5. The lowest BCUT2D eigenvalue weighted by Crippen LogP contribution is -2.44. The molecule has 4 rings (SSSR count). The summed E-state index contributed by atoms with van der Waals surface area (Å²) in [6.45, 7) is 6.74. The predicted molar refractivity (Wildman–Crippen MR) is 120 cm³/mol. The SMILES string of the molecule is CC1CN(Cc2csc(NC(=O)c3ccc(Sc4ccccn4)cc3)n2)CC(C)O1. The van der Waals surface area contributed by atoms with Gasteiger partial charge < -0.3 is 4.74 Å². The summed E-state index contributed by atoms with van der Waals surface area (Å²) in [6, 6.07) is 13.3. The Morgan fingerprint density at radius 3 is 2.67 bits per heavy atom. The second-order valence-electron chi connectivity index (χ2n) is 7.34. The van der Waals surface area contributed by atoms with Crippen molar-refractivity contribution in [3.05, 3.63) is 65.3 Å². The highest BCUT2D eigenvalue weighted by Crippen LogP contribution is 2.26. The summed E-state index contributed by atoms with van der Waals surface area (Å²) in [6.07, 6.45) is 2.22. The molecule has 1 fully saturated rings. The zero-order valence-corrected chi connectivity index (χ0v) is 18.6. The third-order valence-electron chi connectivity index (χ3n) is 4.63. The maximum absolute atomic E-state index is 12.6. The zero-order valence-electron chi connectivity index (χ0n) is 16.9. The molecule has 156 valence electrons. The van der Waals surface area contributed by atoms with Gasteiger partial charge in [-0.3, -0.25) is 15.0 Å². The van der Waals surface area contributed by atoms with Gasteiger partial charge in [0, 0.05) is 41.7 Å². The van der Waals surface area contributed by atoms with Gasteiger partial charge in [0.1, 0.15) is 5.03 Å². The van der Waals surface area contributed by atoms with Crippen LogP contribution in [0.25, 0.3) is 0 Å². The fourth-order valence-electron chi connectivity index (χ4n) is 3.45. The number of hydrogen-bond donors (Lipinski definition) is 1. The molecule has 2 atom stereocenters. The van der Waals surface area contributed by atoms with Gasteiger partial charge in [0.25, 0.3) is 5.91 Å². The van der Waals surface area contributed by atoms with Gasteiger partial charge in [-0.1, -0.05) is 17.8 Å². The van der Waals surface area contributed by atoms with Crippen molar-refractivity contribution in [2.75, 3.05) is 18.4 Å². The molecule has 1 aliphatic rings. The van der Waals surface area contributed by atoms with Gasteiger partial charge in [-0.15, -0.1) is 11.3 Å². The van der Waals surface area contributed by atoms with Crippen LogP contribution >= 0.6 is 23.1 Å². The second kappa shape index (κ2) is 9.70. The van der Waals surface area contributed by atoms with E-state index in [1.54, 1.807) is 18.0 Å². The first-order valence-electron chi connectivity index (χ1n) is 9.87. The quantitative estimate of drug-likeness (QED) is 0.607. The van der Waals surface area contributed by atoms with Gasteiger partial charge in [-0.25, -0.2) is 9.97 Å². The molecular formula is C22H24N4O2S2. The minimum Gasteiger partial charge on any atom is -0.373 e. The number of rotatable bonds is 6. The number of nitrogens with zero attached hydrogens (tertiary/aromatic N) is 3. The fraction of sp³-hybridized carbons (Fsp3) is 0.318. The van der Waals surface area contributed by atoms with E-state index in [0.717, 1.165) is 35.2 Å². The van der Waals surface area contributed by atoms with Crippen LogP contribution in [0.15, 0.2) is 64.0 Å². The largest absolute Gasteiger partial charge is 0.373 e. The maximum Gasteiger partial charge on any atom is 0.257 e. The monoisotopic (exact) mass is 440 g/mol. The Balaban J connectivity index is 1.33. The van der Waals surface area contributed by atoms with Crippen molar-refractivity contribution in [1.82, 2.24) is 14.9 Å². The van der Waals surface area contributed by atoms with Crippen LogP contribution in [0.5, 0.6) is 0 Å². The third-order valence-corrected chi connectivity index (χ3v) is 6.39. The van der Waals surface area contributed by atoms with E-state index in [9.17, 15) is 4.79 Å². The molecule has 1 N–H and O–H groups in total. The highest BCUT2D eigenvalue weighted by Gasteiger charge is 2.22. The Labute approximate surface area is 184 Å². The number of anilines is 1. The van der Waals surface area contributed by atoms with Crippen molar-refractivity contribution in [3.8, 4) is 0 Å². The summed E-state index contributed by atoms with van der Waals surface area (Å²) >= 11 is 3.02. The van der Waals surface area contributed by atoms with Crippen LogP contribution in [0.2, 0.25) is 0 Å². The lowest BCUT2D eigenvalue weighted by Gasteiger charge is -2.34. The lowest BCUT2D eigenvalue weighted by atomic mass is 10.2. The molecule has 0 saturated carbocycles. The zero-order chi connectivity index (χ0) is 20.9. The molecule has 3 heterocycles. The number of hydrogen-bond acceptors (Lipinski definition) is 7. The highest BCUT2D eigenvalue weighted by molar-refractivity contribution is 7.99. The topological polar surface area (TPSA) is 67.4 Å². The lowest BCUT2D eigenvalue weighted by molar-refractivity contribution is -0.0707. The first-order valence-corrected chi connectivity index (χ1v) is 11.6. The Kier molecular flexibility index (Phi) is 6.79. The number of amides is 1. The number of pyridine rings is 1. The molecule has 1 aromatic carbocycles. The summed E-state index contributed by atoms with van der Waals surface area (Å²) in [5, 5.41) is 6.46. The molecule has 1 saturated heterocycles. The van der Waals surface area contributed by atoms with E-state index in [1.165, 1.54) is 11.3 Å². The molecule has 3 aromatic rings. The van der Waals surface area contributed by atoms with E-state index in [4.69, 9.17) is 4.74 Å². The normalized spacial score (nSPS) is 19.5. The van der Waals surface area contributed by atoms with Crippen LogP contribution in [-0.2, 0) is 11.3 Å². The molecule has 30 heavy (non-hydrogen) atoms. The number of morpholine rings is 1. The van der Waals surface area contributed by atoms with Crippen molar-refractivity contribution in [1.29, 1.82) is 0 Å². The van der Waals surface area contributed by atoms with Crippen LogP contribution in [0.3, 0.4) is 0 Å². The Bertz CT molecular complexity index is 968. The van der Waals surface area contributed by atoms with Crippen LogP contribution in [-0.4, -0.2) is 46.1 Å². The molecule has 0 aliphatic carbocycles.